The van der Waals surface area contributed by atoms with Gasteiger partial charge in [-0.3, -0.25) is 14.4 Å². The predicted octanol–water partition coefficient (Wildman–Crippen LogP) is 4.17. The number of carbonyl (C=O) groups is 3. The van der Waals surface area contributed by atoms with Crippen molar-refractivity contribution in [1.82, 2.24) is 10.2 Å². The maximum Gasteiger partial charge on any atom is 0.256 e. The summed E-state index contributed by atoms with van der Waals surface area (Å²) in [5.41, 5.74) is 3.39. The fraction of sp³-hybridized carbons (Fsp3) is 0.276. The minimum absolute atomic E-state index is 0.0758. The molecular weight excluding hydrogens is 454 g/mol. The van der Waals surface area contributed by atoms with E-state index in [0.29, 0.717) is 42.9 Å². The highest BCUT2D eigenvalue weighted by atomic mass is 16.5. The summed E-state index contributed by atoms with van der Waals surface area (Å²) in [5.74, 6) is 0.378. The van der Waals surface area contributed by atoms with Crippen molar-refractivity contribution < 1.29 is 19.1 Å². The Morgan fingerprint density at radius 1 is 1.03 bits per heavy atom. The monoisotopic (exact) mass is 483 g/mol. The van der Waals surface area contributed by atoms with Crippen molar-refractivity contribution in [2.75, 3.05) is 18.1 Å². The molecule has 3 aromatic carbocycles. The van der Waals surface area contributed by atoms with E-state index in [0.717, 1.165) is 23.3 Å². The lowest BCUT2D eigenvalue weighted by Crippen LogP contribution is -2.44. The number of fused-ring (bicyclic) bond motifs is 2. The van der Waals surface area contributed by atoms with Crippen LogP contribution in [0.2, 0.25) is 0 Å². The van der Waals surface area contributed by atoms with Gasteiger partial charge >= 0.3 is 0 Å². The van der Waals surface area contributed by atoms with Gasteiger partial charge in [-0.2, -0.15) is 0 Å². The SMILES string of the molecule is CCOc1ccccc1CNC(=O)c1cccc(CN2C(=O)[C@H]3CCCN3C(=O)c3ccccc32)c1. The summed E-state index contributed by atoms with van der Waals surface area (Å²) in [6.07, 6.45) is 1.49. The molecule has 0 unspecified atom stereocenters. The molecule has 1 atom stereocenters. The van der Waals surface area contributed by atoms with Crippen molar-refractivity contribution in [3.63, 3.8) is 0 Å². The molecule has 0 aliphatic carbocycles. The Morgan fingerprint density at radius 2 is 1.83 bits per heavy atom. The molecule has 7 nitrogen and oxygen atoms in total. The van der Waals surface area contributed by atoms with Gasteiger partial charge in [0.2, 0.25) is 5.91 Å². The number of nitrogens with zero attached hydrogens (tertiary/aromatic N) is 2. The summed E-state index contributed by atoms with van der Waals surface area (Å²) >= 11 is 0. The fourth-order valence-corrected chi connectivity index (χ4v) is 4.99. The van der Waals surface area contributed by atoms with E-state index >= 15 is 0 Å². The molecule has 0 spiro atoms. The standard InChI is InChI=1S/C29H29N3O4/c1-2-36-26-15-6-3-10-22(26)18-30-27(33)21-11-7-9-20(17-21)19-32-24-13-5-4-12-23(24)28(34)31-16-8-14-25(31)29(32)35/h3-7,9-13,15,17,25H,2,8,14,16,18-19H2,1H3,(H,30,33)/t25-/m1/s1. The quantitative estimate of drug-likeness (QED) is 0.547. The highest BCUT2D eigenvalue weighted by molar-refractivity contribution is 6.11. The summed E-state index contributed by atoms with van der Waals surface area (Å²) in [6, 6.07) is 21.7. The molecule has 1 N–H and O–H groups in total. The van der Waals surface area contributed by atoms with Crippen molar-refractivity contribution in [2.24, 2.45) is 0 Å². The zero-order chi connectivity index (χ0) is 25.1. The van der Waals surface area contributed by atoms with Gasteiger partial charge in [-0.25, -0.2) is 0 Å². The van der Waals surface area contributed by atoms with E-state index in [-0.39, 0.29) is 24.3 Å². The first kappa shape index (κ1) is 23.6. The number of amides is 3. The molecule has 36 heavy (non-hydrogen) atoms. The molecule has 5 rings (SSSR count). The predicted molar refractivity (Wildman–Crippen MR) is 137 cm³/mol. The molecule has 0 bridgehead atoms. The lowest BCUT2D eigenvalue weighted by molar-refractivity contribution is -0.122. The summed E-state index contributed by atoms with van der Waals surface area (Å²) in [5, 5.41) is 2.96. The topological polar surface area (TPSA) is 79.0 Å². The third-order valence-electron chi connectivity index (χ3n) is 6.73. The average molecular weight is 484 g/mol. The number of anilines is 1. The second kappa shape index (κ2) is 10.2. The van der Waals surface area contributed by atoms with Crippen LogP contribution < -0.4 is 15.0 Å². The number of ether oxygens (including phenoxy) is 1. The van der Waals surface area contributed by atoms with E-state index in [1.807, 2.05) is 61.5 Å². The normalized spacial score (nSPS) is 16.9. The molecule has 2 heterocycles. The molecule has 184 valence electrons. The van der Waals surface area contributed by atoms with Crippen molar-refractivity contribution in [1.29, 1.82) is 0 Å². The molecule has 3 aromatic rings. The number of hydrogen-bond donors (Lipinski definition) is 1. The Balaban J connectivity index is 1.36. The maximum absolute atomic E-state index is 13.5. The molecule has 0 aromatic heterocycles. The van der Waals surface area contributed by atoms with Gasteiger partial charge in [0, 0.05) is 24.2 Å². The lowest BCUT2D eigenvalue weighted by atomic mass is 10.1. The average Bonchev–Trinajstić information content (AvgIpc) is 3.38. The summed E-state index contributed by atoms with van der Waals surface area (Å²) in [4.78, 5) is 43.0. The van der Waals surface area contributed by atoms with E-state index in [2.05, 4.69) is 5.32 Å². The first-order valence-corrected chi connectivity index (χ1v) is 12.4. The minimum atomic E-state index is -0.443. The van der Waals surface area contributed by atoms with Gasteiger partial charge in [-0.05, 0) is 55.7 Å². The van der Waals surface area contributed by atoms with Crippen molar-refractivity contribution in [3.8, 4) is 5.75 Å². The van der Waals surface area contributed by atoms with E-state index < -0.39 is 6.04 Å². The van der Waals surface area contributed by atoms with Crippen molar-refractivity contribution >= 4 is 23.4 Å². The Kier molecular flexibility index (Phi) is 6.71. The minimum Gasteiger partial charge on any atom is -0.494 e. The first-order valence-electron chi connectivity index (χ1n) is 12.4. The van der Waals surface area contributed by atoms with Crippen LogP contribution in [0.25, 0.3) is 0 Å². The van der Waals surface area contributed by atoms with E-state index in [1.165, 1.54) is 0 Å². The summed E-state index contributed by atoms with van der Waals surface area (Å²) < 4.78 is 5.65. The van der Waals surface area contributed by atoms with Crippen LogP contribution >= 0.6 is 0 Å². The van der Waals surface area contributed by atoms with E-state index in [4.69, 9.17) is 4.74 Å². The van der Waals surface area contributed by atoms with Crippen LogP contribution in [0.15, 0.2) is 72.8 Å². The van der Waals surface area contributed by atoms with Gasteiger partial charge in [0.25, 0.3) is 11.8 Å². The van der Waals surface area contributed by atoms with Gasteiger partial charge in [-0.1, -0.05) is 42.5 Å². The van der Waals surface area contributed by atoms with Crippen LogP contribution in [0.1, 0.15) is 51.6 Å². The molecule has 0 radical (unpaired) electrons. The van der Waals surface area contributed by atoms with Gasteiger partial charge in [0.1, 0.15) is 11.8 Å². The Labute approximate surface area is 210 Å². The molecule has 1 fully saturated rings. The van der Waals surface area contributed by atoms with Crippen LogP contribution in [0.4, 0.5) is 5.69 Å². The third kappa shape index (κ3) is 4.56. The highest BCUT2D eigenvalue weighted by Gasteiger charge is 2.41. The van der Waals surface area contributed by atoms with Gasteiger partial charge < -0.3 is 19.9 Å². The molecule has 7 heteroatoms. The number of rotatable bonds is 7. The molecular formula is C29H29N3O4. The zero-order valence-corrected chi connectivity index (χ0v) is 20.3. The van der Waals surface area contributed by atoms with Gasteiger partial charge in [0.05, 0.1) is 24.4 Å². The first-order chi connectivity index (χ1) is 17.6. The Hall–Kier alpha value is -4.13. The molecule has 1 saturated heterocycles. The van der Waals surface area contributed by atoms with E-state index in [1.54, 1.807) is 28.0 Å². The number of carbonyl (C=O) groups excluding carboxylic acids is 3. The lowest BCUT2D eigenvalue weighted by Gasteiger charge is -2.26. The smallest absolute Gasteiger partial charge is 0.256 e. The number of nitrogens with one attached hydrogen (secondary N) is 1. The van der Waals surface area contributed by atoms with E-state index in [9.17, 15) is 14.4 Å². The zero-order valence-electron chi connectivity index (χ0n) is 20.3. The second-order valence-electron chi connectivity index (χ2n) is 9.02. The molecule has 2 aliphatic rings. The molecule has 0 saturated carbocycles. The largest absolute Gasteiger partial charge is 0.494 e. The maximum atomic E-state index is 13.5. The number of hydrogen-bond acceptors (Lipinski definition) is 4. The molecule has 2 aliphatic heterocycles. The number of para-hydroxylation sites is 2. The van der Waals surface area contributed by atoms with Gasteiger partial charge in [-0.15, -0.1) is 0 Å². The Bertz CT molecular complexity index is 1300. The molecule has 3 amide bonds. The van der Waals surface area contributed by atoms with Crippen LogP contribution in [-0.2, 0) is 17.9 Å². The van der Waals surface area contributed by atoms with Crippen LogP contribution in [0.5, 0.6) is 5.75 Å². The van der Waals surface area contributed by atoms with Crippen molar-refractivity contribution in [3.05, 3.63) is 95.1 Å². The van der Waals surface area contributed by atoms with Crippen LogP contribution in [0.3, 0.4) is 0 Å². The van der Waals surface area contributed by atoms with Crippen molar-refractivity contribution in [2.45, 2.75) is 38.9 Å². The van der Waals surface area contributed by atoms with Gasteiger partial charge in [0.15, 0.2) is 0 Å². The highest BCUT2D eigenvalue weighted by Crippen LogP contribution is 2.33. The fourth-order valence-electron chi connectivity index (χ4n) is 4.99. The second-order valence-corrected chi connectivity index (χ2v) is 9.02. The summed E-state index contributed by atoms with van der Waals surface area (Å²) in [7, 11) is 0. The Morgan fingerprint density at radius 3 is 2.69 bits per heavy atom. The third-order valence-corrected chi connectivity index (χ3v) is 6.73. The van der Waals surface area contributed by atoms with Crippen LogP contribution in [0, 0.1) is 0 Å². The van der Waals surface area contributed by atoms with Crippen LogP contribution in [-0.4, -0.2) is 41.8 Å². The number of benzene rings is 3. The summed E-state index contributed by atoms with van der Waals surface area (Å²) in [6.45, 7) is 3.70.